The lowest BCUT2D eigenvalue weighted by Crippen LogP contribution is -2.30. The molecular formula is C12H17NO. The topological polar surface area (TPSA) is 20.3 Å². The molecule has 1 atom stereocenters. The van der Waals surface area contributed by atoms with Gasteiger partial charge in [-0.1, -0.05) is 18.2 Å². The molecule has 14 heavy (non-hydrogen) atoms. The van der Waals surface area contributed by atoms with E-state index < -0.39 is 0 Å². The molecular weight excluding hydrogens is 174 g/mol. The van der Waals surface area contributed by atoms with Crippen LogP contribution in [0.4, 0.5) is 5.69 Å². The van der Waals surface area contributed by atoms with Crippen molar-refractivity contribution in [3.63, 3.8) is 0 Å². The molecule has 0 aliphatic heterocycles. The highest BCUT2D eigenvalue weighted by Crippen LogP contribution is 2.15. The first-order chi connectivity index (χ1) is 6.61. The number of carbonyl (C=O) groups excluding carboxylic acids is 1. The first kappa shape index (κ1) is 10.8. The summed E-state index contributed by atoms with van der Waals surface area (Å²) in [6, 6.07) is 10.4. The standard InChI is InChI=1S/C12H17NO/c1-10(9-11(2)14)13(3)12-7-5-4-6-8-12/h4-8,10H,9H2,1-3H3. The second-order valence-electron chi connectivity index (χ2n) is 3.70. The van der Waals surface area contributed by atoms with Gasteiger partial charge in [0.25, 0.3) is 0 Å². The van der Waals surface area contributed by atoms with Crippen molar-refractivity contribution < 1.29 is 4.79 Å². The van der Waals surface area contributed by atoms with E-state index in [0.29, 0.717) is 6.42 Å². The number of para-hydroxylation sites is 1. The number of hydrogen-bond acceptors (Lipinski definition) is 2. The average molecular weight is 191 g/mol. The molecule has 0 aromatic heterocycles. The summed E-state index contributed by atoms with van der Waals surface area (Å²) < 4.78 is 0. The Bertz CT molecular complexity index is 294. The molecule has 0 fully saturated rings. The third-order valence-corrected chi connectivity index (χ3v) is 2.41. The average Bonchev–Trinajstić information content (AvgIpc) is 2.17. The monoisotopic (exact) mass is 191 g/mol. The largest absolute Gasteiger partial charge is 0.371 e. The van der Waals surface area contributed by atoms with Crippen molar-refractivity contribution >= 4 is 11.5 Å². The maximum absolute atomic E-state index is 11.0. The van der Waals surface area contributed by atoms with Gasteiger partial charge in [-0.25, -0.2) is 0 Å². The van der Waals surface area contributed by atoms with Crippen LogP contribution in [0.3, 0.4) is 0 Å². The Labute approximate surface area is 85.5 Å². The first-order valence-electron chi connectivity index (χ1n) is 4.88. The number of anilines is 1. The third kappa shape index (κ3) is 2.87. The second-order valence-corrected chi connectivity index (χ2v) is 3.70. The van der Waals surface area contributed by atoms with Crippen molar-refractivity contribution in [2.24, 2.45) is 0 Å². The van der Waals surface area contributed by atoms with Crippen molar-refractivity contribution in [3.05, 3.63) is 30.3 Å². The molecule has 0 aliphatic rings. The number of benzene rings is 1. The van der Waals surface area contributed by atoms with Gasteiger partial charge >= 0.3 is 0 Å². The minimum atomic E-state index is 0.236. The van der Waals surface area contributed by atoms with Gasteiger partial charge in [0.1, 0.15) is 5.78 Å². The van der Waals surface area contributed by atoms with E-state index in [1.54, 1.807) is 6.92 Å². The normalized spacial score (nSPS) is 12.2. The van der Waals surface area contributed by atoms with Crippen molar-refractivity contribution in [1.29, 1.82) is 0 Å². The van der Waals surface area contributed by atoms with E-state index in [9.17, 15) is 4.79 Å². The molecule has 0 aliphatic carbocycles. The number of hydrogen-bond donors (Lipinski definition) is 0. The summed E-state index contributed by atoms with van der Waals surface area (Å²) in [6.07, 6.45) is 0.603. The number of carbonyl (C=O) groups is 1. The van der Waals surface area contributed by atoms with Crippen LogP contribution in [0.5, 0.6) is 0 Å². The lowest BCUT2D eigenvalue weighted by molar-refractivity contribution is -0.117. The zero-order valence-corrected chi connectivity index (χ0v) is 9.03. The quantitative estimate of drug-likeness (QED) is 0.728. The van der Waals surface area contributed by atoms with E-state index in [0.717, 1.165) is 5.69 Å². The summed E-state index contributed by atoms with van der Waals surface area (Å²) in [5.74, 6) is 0.236. The molecule has 0 heterocycles. The summed E-state index contributed by atoms with van der Waals surface area (Å²) in [6.45, 7) is 3.70. The molecule has 1 aromatic rings. The summed E-state index contributed by atoms with van der Waals surface area (Å²) in [5, 5.41) is 0. The number of nitrogens with zero attached hydrogens (tertiary/aromatic N) is 1. The van der Waals surface area contributed by atoms with Gasteiger partial charge in [0.05, 0.1) is 0 Å². The van der Waals surface area contributed by atoms with Crippen LogP contribution in [-0.4, -0.2) is 18.9 Å². The molecule has 1 aromatic carbocycles. The Kier molecular flexibility index (Phi) is 3.69. The SMILES string of the molecule is CC(=O)CC(C)N(C)c1ccccc1. The van der Waals surface area contributed by atoms with Crippen LogP contribution in [0.15, 0.2) is 30.3 Å². The van der Waals surface area contributed by atoms with Gasteiger partial charge in [-0.15, -0.1) is 0 Å². The van der Waals surface area contributed by atoms with Crippen LogP contribution < -0.4 is 4.90 Å². The smallest absolute Gasteiger partial charge is 0.131 e. The lowest BCUT2D eigenvalue weighted by atomic mass is 10.1. The Morgan fingerprint density at radius 1 is 1.36 bits per heavy atom. The summed E-state index contributed by atoms with van der Waals surface area (Å²) in [4.78, 5) is 13.1. The minimum absolute atomic E-state index is 0.236. The molecule has 2 nitrogen and oxygen atoms in total. The highest BCUT2D eigenvalue weighted by Gasteiger charge is 2.11. The highest BCUT2D eigenvalue weighted by molar-refractivity contribution is 5.76. The maximum Gasteiger partial charge on any atom is 0.131 e. The molecule has 2 heteroatoms. The molecule has 1 rings (SSSR count). The van der Waals surface area contributed by atoms with Crippen LogP contribution in [0, 0.1) is 0 Å². The van der Waals surface area contributed by atoms with E-state index in [1.807, 2.05) is 25.2 Å². The van der Waals surface area contributed by atoms with E-state index in [-0.39, 0.29) is 11.8 Å². The minimum Gasteiger partial charge on any atom is -0.371 e. The van der Waals surface area contributed by atoms with Crippen molar-refractivity contribution in [2.45, 2.75) is 26.3 Å². The summed E-state index contributed by atoms with van der Waals surface area (Å²) in [5.41, 5.74) is 1.15. The van der Waals surface area contributed by atoms with Gasteiger partial charge in [0.15, 0.2) is 0 Å². The molecule has 0 radical (unpaired) electrons. The fraction of sp³-hybridized carbons (Fsp3) is 0.417. The van der Waals surface area contributed by atoms with E-state index in [4.69, 9.17) is 0 Å². The lowest BCUT2D eigenvalue weighted by Gasteiger charge is -2.26. The van der Waals surface area contributed by atoms with Crippen LogP contribution in [0.2, 0.25) is 0 Å². The summed E-state index contributed by atoms with van der Waals surface area (Å²) in [7, 11) is 2.02. The van der Waals surface area contributed by atoms with Crippen molar-refractivity contribution in [2.75, 3.05) is 11.9 Å². The van der Waals surface area contributed by atoms with Gasteiger partial charge in [-0.3, -0.25) is 4.79 Å². The first-order valence-corrected chi connectivity index (χ1v) is 4.88. The Morgan fingerprint density at radius 3 is 2.43 bits per heavy atom. The zero-order chi connectivity index (χ0) is 10.6. The van der Waals surface area contributed by atoms with Gasteiger partial charge in [0, 0.05) is 25.2 Å². The molecule has 0 N–H and O–H groups in total. The third-order valence-electron chi connectivity index (χ3n) is 2.41. The zero-order valence-electron chi connectivity index (χ0n) is 9.03. The molecule has 0 spiro atoms. The highest BCUT2D eigenvalue weighted by atomic mass is 16.1. The van der Waals surface area contributed by atoms with Gasteiger partial charge in [-0.2, -0.15) is 0 Å². The number of ketones is 1. The Morgan fingerprint density at radius 2 is 1.93 bits per heavy atom. The van der Waals surface area contributed by atoms with E-state index in [2.05, 4.69) is 24.0 Å². The van der Waals surface area contributed by atoms with Crippen LogP contribution in [0.1, 0.15) is 20.3 Å². The Balaban J connectivity index is 2.65. The molecule has 0 saturated heterocycles. The fourth-order valence-electron chi connectivity index (χ4n) is 1.47. The molecule has 76 valence electrons. The molecule has 0 saturated carbocycles. The van der Waals surface area contributed by atoms with E-state index in [1.165, 1.54) is 0 Å². The van der Waals surface area contributed by atoms with E-state index >= 15 is 0 Å². The molecule has 0 bridgehead atoms. The number of Topliss-reactive ketones (excluding diaryl/α,β-unsaturated/α-hetero) is 1. The predicted molar refractivity (Wildman–Crippen MR) is 59.6 cm³/mol. The van der Waals surface area contributed by atoms with Crippen molar-refractivity contribution in [3.8, 4) is 0 Å². The Hall–Kier alpha value is -1.31. The molecule has 0 amide bonds. The van der Waals surface area contributed by atoms with Crippen LogP contribution in [-0.2, 0) is 4.79 Å². The van der Waals surface area contributed by atoms with Gasteiger partial charge in [0.2, 0.25) is 0 Å². The molecule has 1 unspecified atom stereocenters. The van der Waals surface area contributed by atoms with Crippen molar-refractivity contribution in [1.82, 2.24) is 0 Å². The van der Waals surface area contributed by atoms with Crippen LogP contribution >= 0.6 is 0 Å². The van der Waals surface area contributed by atoms with Gasteiger partial charge < -0.3 is 4.90 Å². The second kappa shape index (κ2) is 4.80. The maximum atomic E-state index is 11.0. The van der Waals surface area contributed by atoms with Crippen LogP contribution in [0.25, 0.3) is 0 Å². The summed E-state index contributed by atoms with van der Waals surface area (Å²) >= 11 is 0. The fourth-order valence-corrected chi connectivity index (χ4v) is 1.47. The predicted octanol–water partition coefficient (Wildman–Crippen LogP) is 2.49. The number of rotatable bonds is 4. The van der Waals surface area contributed by atoms with Gasteiger partial charge in [-0.05, 0) is 26.0 Å².